The summed E-state index contributed by atoms with van der Waals surface area (Å²) in [5.74, 6) is -0.977. The van der Waals surface area contributed by atoms with Crippen molar-refractivity contribution in [1.29, 1.82) is 0 Å². The molecule has 0 radical (unpaired) electrons. The Bertz CT molecular complexity index is 471. The summed E-state index contributed by atoms with van der Waals surface area (Å²) in [6.45, 7) is 7.61. The number of hydroxylamine groups is 1. The van der Waals surface area contributed by atoms with Gasteiger partial charge in [0.15, 0.2) is 0 Å². The van der Waals surface area contributed by atoms with Crippen LogP contribution in [0.25, 0.3) is 0 Å². The number of hydrogen-bond donors (Lipinski definition) is 1. The third-order valence-corrected chi connectivity index (χ3v) is 5.42. The Kier molecular flexibility index (Phi) is 20.9. The topological polar surface area (TPSA) is 55.4 Å². The molecule has 0 aliphatic heterocycles. The molecule has 0 aromatic carbocycles. The lowest BCUT2D eigenvalue weighted by atomic mass is 10.0. The van der Waals surface area contributed by atoms with E-state index >= 15 is 0 Å². The van der Waals surface area contributed by atoms with Gasteiger partial charge in [-0.15, -0.1) is 0 Å². The molecule has 0 saturated carbocycles. The summed E-state index contributed by atoms with van der Waals surface area (Å²) in [6.07, 6.45) is 25.8. The van der Waals surface area contributed by atoms with Gasteiger partial charge in [-0.2, -0.15) is 5.48 Å². The van der Waals surface area contributed by atoms with Crippen molar-refractivity contribution in [3.05, 3.63) is 24.3 Å². The van der Waals surface area contributed by atoms with Crippen LogP contribution in [0.3, 0.4) is 0 Å². The van der Waals surface area contributed by atoms with Crippen LogP contribution in [0.4, 0.5) is 0 Å². The molecule has 0 unspecified atom stereocenters. The van der Waals surface area contributed by atoms with Crippen LogP contribution in [-0.4, -0.2) is 11.9 Å². The van der Waals surface area contributed by atoms with Gasteiger partial charge in [-0.3, -0.25) is 4.79 Å². The highest BCUT2D eigenvalue weighted by molar-refractivity contribution is 5.93. The average Bonchev–Trinajstić information content (AvgIpc) is 2.76. The molecular weight excluding hydrogens is 374 g/mol. The van der Waals surface area contributed by atoms with Gasteiger partial charge in [0, 0.05) is 11.6 Å². The van der Waals surface area contributed by atoms with Crippen molar-refractivity contribution in [3.8, 4) is 0 Å². The van der Waals surface area contributed by atoms with Crippen LogP contribution in [0, 0.1) is 0 Å². The van der Waals surface area contributed by atoms with E-state index in [0.29, 0.717) is 12.0 Å². The zero-order valence-corrected chi connectivity index (χ0v) is 19.8. The number of carbonyl (C=O) groups is 2. The quantitative estimate of drug-likeness (QED) is 0.124. The number of rotatable bonds is 20. The molecule has 0 aromatic heterocycles. The van der Waals surface area contributed by atoms with Crippen molar-refractivity contribution < 1.29 is 14.4 Å². The van der Waals surface area contributed by atoms with Crippen molar-refractivity contribution in [3.63, 3.8) is 0 Å². The molecule has 174 valence electrons. The maximum atomic E-state index is 12.1. The van der Waals surface area contributed by atoms with Gasteiger partial charge in [0.2, 0.25) is 0 Å². The molecule has 4 heteroatoms. The van der Waals surface area contributed by atoms with Crippen molar-refractivity contribution in [2.24, 2.45) is 0 Å². The number of unbranched alkanes of at least 4 members (excludes halogenated alkanes) is 15. The fraction of sp³-hybridized carbons (Fsp3) is 0.769. The molecule has 0 aromatic rings. The molecule has 1 amide bonds. The Hall–Kier alpha value is -1.58. The van der Waals surface area contributed by atoms with Gasteiger partial charge in [-0.25, -0.2) is 4.79 Å². The minimum Gasteiger partial charge on any atom is -0.336 e. The van der Waals surface area contributed by atoms with Crippen molar-refractivity contribution in [2.75, 3.05) is 0 Å². The van der Waals surface area contributed by atoms with Gasteiger partial charge >= 0.3 is 5.97 Å². The molecule has 30 heavy (non-hydrogen) atoms. The van der Waals surface area contributed by atoms with E-state index in [0.717, 1.165) is 25.3 Å². The highest BCUT2D eigenvalue weighted by Gasteiger charge is 2.09. The van der Waals surface area contributed by atoms with E-state index in [1.807, 2.05) is 13.0 Å². The van der Waals surface area contributed by atoms with Gasteiger partial charge in [-0.1, -0.05) is 123 Å². The SMILES string of the molecule is C=CC(=O)ONC(=O)C(=CCCCCCCCCCCCCCCCCC)CCC. The van der Waals surface area contributed by atoms with Crippen LogP contribution in [0.2, 0.25) is 0 Å². The lowest BCUT2D eigenvalue weighted by Gasteiger charge is -2.07. The van der Waals surface area contributed by atoms with Gasteiger partial charge in [0.25, 0.3) is 5.91 Å². The summed E-state index contributed by atoms with van der Waals surface area (Å²) >= 11 is 0. The predicted molar refractivity (Wildman–Crippen MR) is 127 cm³/mol. The lowest BCUT2D eigenvalue weighted by molar-refractivity contribution is -0.152. The molecular formula is C26H47NO3. The highest BCUT2D eigenvalue weighted by atomic mass is 16.7. The Morgan fingerprint density at radius 3 is 1.63 bits per heavy atom. The molecule has 0 aliphatic rings. The molecule has 0 spiro atoms. The minimum absolute atomic E-state index is 0.326. The first kappa shape index (κ1) is 28.4. The molecule has 0 aliphatic carbocycles. The first-order valence-corrected chi connectivity index (χ1v) is 12.5. The lowest BCUT2D eigenvalue weighted by Crippen LogP contribution is -2.27. The van der Waals surface area contributed by atoms with E-state index in [1.54, 1.807) is 0 Å². The van der Waals surface area contributed by atoms with Crippen LogP contribution in [0.1, 0.15) is 129 Å². The number of hydrogen-bond acceptors (Lipinski definition) is 3. The second kappa shape index (κ2) is 22.1. The van der Waals surface area contributed by atoms with Crippen molar-refractivity contribution in [2.45, 2.75) is 129 Å². The molecule has 0 atom stereocenters. The second-order valence-electron chi connectivity index (χ2n) is 8.27. The molecule has 0 heterocycles. The molecule has 0 rings (SSSR count). The molecule has 0 saturated heterocycles. The van der Waals surface area contributed by atoms with E-state index in [2.05, 4.69) is 23.8 Å². The van der Waals surface area contributed by atoms with E-state index in [1.165, 1.54) is 89.9 Å². The van der Waals surface area contributed by atoms with Crippen LogP contribution < -0.4 is 5.48 Å². The summed E-state index contributed by atoms with van der Waals surface area (Å²) in [6, 6.07) is 0. The van der Waals surface area contributed by atoms with Crippen LogP contribution in [0.5, 0.6) is 0 Å². The maximum Gasteiger partial charge on any atom is 0.355 e. The molecule has 1 N–H and O–H groups in total. The maximum absolute atomic E-state index is 12.1. The smallest absolute Gasteiger partial charge is 0.336 e. The zero-order chi connectivity index (χ0) is 22.3. The summed E-state index contributed by atoms with van der Waals surface area (Å²) < 4.78 is 0. The standard InChI is InChI=1S/C26H47NO3/c1-4-7-8-9-10-11-12-13-14-15-16-17-18-19-20-21-23-24(22-5-2)26(29)27-30-25(28)6-3/h6,23H,3-5,7-22H2,1-2H3,(H,27,29). The minimum atomic E-state index is -0.651. The number of carbonyl (C=O) groups excluding carboxylic acids is 2. The van der Waals surface area contributed by atoms with E-state index in [9.17, 15) is 9.59 Å². The van der Waals surface area contributed by atoms with Gasteiger partial charge < -0.3 is 4.84 Å². The summed E-state index contributed by atoms with van der Waals surface area (Å²) in [4.78, 5) is 27.7. The van der Waals surface area contributed by atoms with Crippen LogP contribution in [-0.2, 0) is 14.4 Å². The first-order chi connectivity index (χ1) is 14.7. The average molecular weight is 422 g/mol. The monoisotopic (exact) mass is 421 g/mol. The summed E-state index contributed by atoms with van der Waals surface area (Å²) in [7, 11) is 0. The Morgan fingerprint density at radius 1 is 0.733 bits per heavy atom. The molecule has 0 bridgehead atoms. The van der Waals surface area contributed by atoms with E-state index in [4.69, 9.17) is 0 Å². The van der Waals surface area contributed by atoms with E-state index in [-0.39, 0.29) is 5.91 Å². The Morgan fingerprint density at radius 2 is 1.20 bits per heavy atom. The van der Waals surface area contributed by atoms with Crippen LogP contribution in [0.15, 0.2) is 24.3 Å². The number of nitrogens with one attached hydrogen (secondary N) is 1. The Labute approximate surface area is 185 Å². The fourth-order valence-corrected chi connectivity index (χ4v) is 3.57. The fourth-order valence-electron chi connectivity index (χ4n) is 3.57. The third kappa shape index (κ3) is 18.4. The summed E-state index contributed by atoms with van der Waals surface area (Å²) in [5, 5.41) is 0. The number of amides is 1. The van der Waals surface area contributed by atoms with Crippen molar-refractivity contribution >= 4 is 11.9 Å². The largest absolute Gasteiger partial charge is 0.355 e. The number of allylic oxidation sites excluding steroid dienone is 1. The van der Waals surface area contributed by atoms with Crippen LogP contribution >= 0.6 is 0 Å². The third-order valence-electron chi connectivity index (χ3n) is 5.42. The van der Waals surface area contributed by atoms with E-state index < -0.39 is 5.97 Å². The normalized spacial score (nSPS) is 11.3. The molecule has 4 nitrogen and oxygen atoms in total. The first-order valence-electron chi connectivity index (χ1n) is 12.5. The van der Waals surface area contributed by atoms with Gasteiger partial charge in [0.1, 0.15) is 0 Å². The molecule has 0 fully saturated rings. The second-order valence-corrected chi connectivity index (χ2v) is 8.27. The Balaban J connectivity index is 3.61. The van der Waals surface area contributed by atoms with Crippen molar-refractivity contribution in [1.82, 2.24) is 5.48 Å². The summed E-state index contributed by atoms with van der Waals surface area (Å²) in [5.41, 5.74) is 2.89. The zero-order valence-electron chi connectivity index (χ0n) is 19.8. The predicted octanol–water partition coefficient (Wildman–Crippen LogP) is 7.73. The van der Waals surface area contributed by atoms with Gasteiger partial charge in [0.05, 0.1) is 0 Å². The highest BCUT2D eigenvalue weighted by Crippen LogP contribution is 2.14. The van der Waals surface area contributed by atoms with Gasteiger partial charge in [-0.05, 0) is 19.3 Å².